The van der Waals surface area contributed by atoms with E-state index in [9.17, 15) is 18.9 Å². The van der Waals surface area contributed by atoms with Gasteiger partial charge in [-0.25, -0.2) is 13.8 Å². The molecule has 0 saturated carbocycles. The van der Waals surface area contributed by atoms with Crippen LogP contribution in [0.2, 0.25) is 5.15 Å². The molecule has 17 heavy (non-hydrogen) atoms. The quantitative estimate of drug-likeness (QED) is 0.481. The van der Waals surface area contributed by atoms with E-state index in [0.717, 1.165) is 12.1 Å². The molecule has 0 aliphatic carbocycles. The molecule has 1 heterocycles. The van der Waals surface area contributed by atoms with Crippen molar-refractivity contribution in [2.75, 3.05) is 11.9 Å². The van der Waals surface area contributed by atoms with Gasteiger partial charge in [-0.2, -0.15) is 0 Å². The van der Waals surface area contributed by atoms with Gasteiger partial charge in [0, 0.05) is 6.54 Å². The van der Waals surface area contributed by atoms with Crippen LogP contribution in [0.25, 0.3) is 0 Å². The Kier molecular flexibility index (Phi) is 4.53. The summed E-state index contributed by atoms with van der Waals surface area (Å²) in [4.78, 5) is 13.4. The lowest BCUT2D eigenvalue weighted by molar-refractivity contribution is -0.384. The Hall–Kier alpha value is -1.54. The molecular formula is C8H8ClF2N3O3. The van der Waals surface area contributed by atoms with Crippen LogP contribution in [-0.2, 0) is 0 Å². The van der Waals surface area contributed by atoms with Gasteiger partial charge in [0.15, 0.2) is 0 Å². The van der Waals surface area contributed by atoms with Crippen LogP contribution in [0.4, 0.5) is 20.3 Å². The molecule has 1 unspecified atom stereocenters. The minimum atomic E-state index is -2.91. The second kappa shape index (κ2) is 5.69. The molecular weight excluding hydrogens is 260 g/mol. The normalized spacial score (nSPS) is 12.5. The molecule has 1 rings (SSSR count). The summed E-state index contributed by atoms with van der Waals surface area (Å²) >= 11 is 5.51. The van der Waals surface area contributed by atoms with Gasteiger partial charge < -0.3 is 10.4 Å². The van der Waals surface area contributed by atoms with Crippen LogP contribution in [0.5, 0.6) is 0 Å². The Morgan fingerprint density at radius 1 is 1.59 bits per heavy atom. The number of nitro groups is 1. The average Bonchev–Trinajstić information content (AvgIpc) is 2.24. The van der Waals surface area contributed by atoms with Crippen LogP contribution in [0.1, 0.15) is 0 Å². The standard InChI is InChI=1S/C8H8ClF2N3O3/c9-6-1-4(14(16)17)2-7(13-6)12-3-5(15)8(10)11/h1-2,5,8,15H,3H2,(H,12,13). The molecule has 0 bridgehead atoms. The number of halogens is 3. The van der Waals surface area contributed by atoms with Gasteiger partial charge in [0.2, 0.25) is 0 Å². The fraction of sp³-hybridized carbons (Fsp3) is 0.375. The van der Waals surface area contributed by atoms with Gasteiger partial charge in [-0.15, -0.1) is 0 Å². The number of nitrogens with one attached hydrogen (secondary N) is 1. The number of hydrogen-bond acceptors (Lipinski definition) is 5. The Bertz CT molecular complexity index is 419. The third kappa shape index (κ3) is 4.08. The van der Waals surface area contributed by atoms with E-state index in [1.165, 1.54) is 0 Å². The van der Waals surface area contributed by atoms with Gasteiger partial charge in [0.1, 0.15) is 17.1 Å². The summed E-state index contributed by atoms with van der Waals surface area (Å²) in [5.41, 5.74) is -0.320. The summed E-state index contributed by atoms with van der Waals surface area (Å²) in [6.45, 7) is -0.484. The van der Waals surface area contributed by atoms with Crippen molar-refractivity contribution in [3.63, 3.8) is 0 Å². The molecule has 0 aliphatic rings. The largest absolute Gasteiger partial charge is 0.385 e. The molecule has 6 nitrogen and oxygen atoms in total. The van der Waals surface area contributed by atoms with Crippen molar-refractivity contribution in [2.24, 2.45) is 0 Å². The maximum atomic E-state index is 12.0. The first-order valence-corrected chi connectivity index (χ1v) is 4.80. The summed E-state index contributed by atoms with van der Waals surface area (Å²) in [5.74, 6) is -0.0519. The van der Waals surface area contributed by atoms with E-state index in [-0.39, 0.29) is 16.7 Å². The molecule has 0 spiro atoms. The Balaban J connectivity index is 2.74. The lowest BCUT2D eigenvalue weighted by Gasteiger charge is -2.10. The minimum absolute atomic E-state index is 0.0519. The summed E-state index contributed by atoms with van der Waals surface area (Å²) < 4.78 is 23.9. The second-order valence-electron chi connectivity index (χ2n) is 3.07. The summed E-state index contributed by atoms with van der Waals surface area (Å²) in [6, 6.07) is 2.06. The first-order valence-electron chi connectivity index (χ1n) is 4.42. The van der Waals surface area contributed by atoms with Crippen LogP contribution >= 0.6 is 11.6 Å². The number of nitrogens with zero attached hydrogens (tertiary/aromatic N) is 2. The molecule has 0 radical (unpaired) electrons. The van der Waals surface area contributed by atoms with Gasteiger partial charge in [-0.1, -0.05) is 11.6 Å². The highest BCUT2D eigenvalue weighted by molar-refractivity contribution is 6.29. The number of rotatable bonds is 5. The number of hydrogen-bond donors (Lipinski definition) is 2. The summed E-state index contributed by atoms with van der Waals surface area (Å²) in [6.07, 6.45) is -4.79. The SMILES string of the molecule is O=[N+]([O-])c1cc(Cl)nc(NCC(O)C(F)F)c1. The fourth-order valence-electron chi connectivity index (χ4n) is 0.978. The number of alkyl halides is 2. The van der Waals surface area contributed by atoms with Gasteiger partial charge in [-0.3, -0.25) is 10.1 Å². The van der Waals surface area contributed by atoms with E-state index in [1.54, 1.807) is 0 Å². The highest BCUT2D eigenvalue weighted by atomic mass is 35.5. The van der Waals surface area contributed by atoms with Crippen molar-refractivity contribution in [1.82, 2.24) is 4.98 Å². The van der Waals surface area contributed by atoms with Crippen LogP contribution in [-0.4, -0.2) is 34.1 Å². The maximum absolute atomic E-state index is 12.0. The Morgan fingerprint density at radius 3 is 2.76 bits per heavy atom. The van der Waals surface area contributed by atoms with E-state index in [2.05, 4.69) is 10.3 Å². The molecule has 1 aromatic heterocycles. The third-order valence-electron chi connectivity index (χ3n) is 1.77. The highest BCUT2D eigenvalue weighted by Gasteiger charge is 2.17. The van der Waals surface area contributed by atoms with Gasteiger partial charge >= 0.3 is 0 Å². The number of aromatic nitrogens is 1. The first-order chi connectivity index (χ1) is 7.90. The predicted molar refractivity (Wildman–Crippen MR) is 56.4 cm³/mol. The highest BCUT2D eigenvalue weighted by Crippen LogP contribution is 2.20. The van der Waals surface area contributed by atoms with Gasteiger partial charge in [0.25, 0.3) is 12.1 Å². The van der Waals surface area contributed by atoms with Crippen LogP contribution in [0.3, 0.4) is 0 Å². The molecule has 0 aromatic carbocycles. The fourth-order valence-corrected chi connectivity index (χ4v) is 1.18. The van der Waals surface area contributed by atoms with Crippen molar-refractivity contribution < 1.29 is 18.8 Å². The smallest absolute Gasteiger partial charge is 0.276 e. The summed E-state index contributed by atoms with van der Waals surface area (Å²) in [7, 11) is 0. The van der Waals surface area contributed by atoms with Crippen LogP contribution < -0.4 is 5.32 Å². The van der Waals surface area contributed by atoms with E-state index < -0.39 is 24.0 Å². The lowest BCUT2D eigenvalue weighted by Crippen LogP contribution is -2.27. The molecule has 2 N–H and O–H groups in total. The molecule has 0 amide bonds. The molecule has 9 heteroatoms. The zero-order chi connectivity index (χ0) is 13.0. The van der Waals surface area contributed by atoms with Crippen LogP contribution in [0, 0.1) is 10.1 Å². The maximum Gasteiger partial charge on any atom is 0.276 e. The van der Waals surface area contributed by atoms with Crippen molar-refractivity contribution >= 4 is 23.1 Å². The molecule has 0 fully saturated rings. The third-order valence-corrected chi connectivity index (χ3v) is 1.97. The van der Waals surface area contributed by atoms with Crippen molar-refractivity contribution in [3.8, 4) is 0 Å². The number of pyridine rings is 1. The summed E-state index contributed by atoms with van der Waals surface area (Å²) in [5, 5.41) is 21.5. The van der Waals surface area contributed by atoms with Crippen LogP contribution in [0.15, 0.2) is 12.1 Å². The molecule has 0 saturated heterocycles. The van der Waals surface area contributed by atoms with E-state index in [4.69, 9.17) is 16.7 Å². The monoisotopic (exact) mass is 267 g/mol. The zero-order valence-electron chi connectivity index (χ0n) is 8.31. The average molecular weight is 268 g/mol. The minimum Gasteiger partial charge on any atom is -0.385 e. The van der Waals surface area contributed by atoms with Crippen molar-refractivity contribution in [1.29, 1.82) is 0 Å². The zero-order valence-corrected chi connectivity index (χ0v) is 9.06. The molecule has 0 aliphatic heterocycles. The number of anilines is 1. The van der Waals surface area contributed by atoms with Crippen molar-refractivity contribution in [2.45, 2.75) is 12.5 Å². The molecule has 1 aromatic rings. The topological polar surface area (TPSA) is 88.3 Å². The molecule has 1 atom stereocenters. The number of aliphatic hydroxyl groups excluding tert-OH is 1. The Labute approximate surface area is 99.4 Å². The Morgan fingerprint density at radius 2 is 2.24 bits per heavy atom. The lowest BCUT2D eigenvalue weighted by atomic mass is 10.3. The first kappa shape index (κ1) is 13.5. The van der Waals surface area contributed by atoms with Gasteiger partial charge in [-0.05, 0) is 0 Å². The number of aliphatic hydroxyl groups is 1. The van der Waals surface area contributed by atoms with E-state index in [0.29, 0.717) is 0 Å². The van der Waals surface area contributed by atoms with E-state index >= 15 is 0 Å². The predicted octanol–water partition coefficient (Wildman–Crippen LogP) is 1.68. The van der Waals surface area contributed by atoms with Crippen molar-refractivity contribution in [3.05, 3.63) is 27.4 Å². The molecule has 94 valence electrons. The second-order valence-corrected chi connectivity index (χ2v) is 3.46. The van der Waals surface area contributed by atoms with Gasteiger partial charge in [0.05, 0.1) is 17.1 Å². The van der Waals surface area contributed by atoms with E-state index in [1.807, 2.05) is 0 Å².